The molecule has 0 saturated heterocycles. The molecular weight excluding hydrogens is 376 g/mol. The number of carbonyl (C=O) groups is 1. The van der Waals surface area contributed by atoms with Gasteiger partial charge in [0.1, 0.15) is 0 Å². The van der Waals surface area contributed by atoms with Gasteiger partial charge in [-0.1, -0.05) is 35.9 Å². The molecule has 4 rings (SSSR count). The van der Waals surface area contributed by atoms with Gasteiger partial charge in [0.2, 0.25) is 0 Å². The third kappa shape index (κ3) is 3.82. The zero-order valence-electron chi connectivity index (χ0n) is 17.1. The predicted octanol–water partition coefficient (Wildman–Crippen LogP) is 5.48. The van der Waals surface area contributed by atoms with Crippen molar-refractivity contribution in [1.29, 1.82) is 0 Å². The standard InChI is InChI=1S/C25H22N2O3/c1-16-8-11-18(12-9-16)26-25(28)20-15-22(27-21-7-5-4-6-19(20)21)17-10-13-23(29-2)24(14-17)30-3/h4-15H,1-3H3,(H,26,28). The van der Waals surface area contributed by atoms with Crippen LogP contribution >= 0.6 is 0 Å². The molecule has 0 atom stereocenters. The number of rotatable bonds is 5. The number of fused-ring (bicyclic) bond motifs is 1. The number of para-hydroxylation sites is 1. The first-order valence-corrected chi connectivity index (χ1v) is 9.59. The van der Waals surface area contributed by atoms with Gasteiger partial charge in [-0.15, -0.1) is 0 Å². The topological polar surface area (TPSA) is 60.5 Å². The second-order valence-corrected chi connectivity index (χ2v) is 6.96. The van der Waals surface area contributed by atoms with Crippen molar-refractivity contribution in [2.45, 2.75) is 6.92 Å². The molecule has 0 fully saturated rings. The van der Waals surface area contributed by atoms with Gasteiger partial charge < -0.3 is 14.8 Å². The maximum atomic E-state index is 13.1. The average molecular weight is 398 g/mol. The van der Waals surface area contributed by atoms with Crippen molar-refractivity contribution in [1.82, 2.24) is 4.98 Å². The largest absolute Gasteiger partial charge is 0.493 e. The molecule has 0 saturated carbocycles. The minimum Gasteiger partial charge on any atom is -0.493 e. The monoisotopic (exact) mass is 398 g/mol. The Bertz CT molecular complexity index is 1220. The van der Waals surface area contributed by atoms with Gasteiger partial charge in [0.25, 0.3) is 5.91 Å². The molecule has 0 aliphatic heterocycles. The molecule has 0 bridgehead atoms. The highest BCUT2D eigenvalue weighted by molar-refractivity contribution is 6.13. The Morgan fingerprint density at radius 2 is 1.60 bits per heavy atom. The van der Waals surface area contributed by atoms with Crippen LogP contribution in [0.15, 0.2) is 72.8 Å². The number of benzene rings is 3. The summed E-state index contributed by atoms with van der Waals surface area (Å²) in [5.74, 6) is 1.06. The lowest BCUT2D eigenvalue weighted by Gasteiger charge is -2.12. The SMILES string of the molecule is COc1ccc(-c2cc(C(=O)Nc3ccc(C)cc3)c3ccccc3n2)cc1OC. The number of amides is 1. The molecule has 5 nitrogen and oxygen atoms in total. The summed E-state index contributed by atoms with van der Waals surface area (Å²) in [5.41, 5.74) is 4.72. The van der Waals surface area contributed by atoms with Crippen LogP contribution in [0.25, 0.3) is 22.2 Å². The number of methoxy groups -OCH3 is 2. The Morgan fingerprint density at radius 3 is 2.33 bits per heavy atom. The summed E-state index contributed by atoms with van der Waals surface area (Å²) in [4.78, 5) is 17.9. The van der Waals surface area contributed by atoms with Crippen LogP contribution in [0.4, 0.5) is 5.69 Å². The van der Waals surface area contributed by atoms with Crippen LogP contribution in [0.2, 0.25) is 0 Å². The number of carbonyl (C=O) groups excluding carboxylic acids is 1. The quantitative estimate of drug-likeness (QED) is 0.484. The van der Waals surface area contributed by atoms with E-state index in [4.69, 9.17) is 14.5 Å². The van der Waals surface area contributed by atoms with Crippen molar-refractivity contribution in [2.24, 2.45) is 0 Å². The smallest absolute Gasteiger partial charge is 0.256 e. The molecule has 4 aromatic rings. The van der Waals surface area contributed by atoms with Crippen molar-refractivity contribution in [3.8, 4) is 22.8 Å². The Morgan fingerprint density at radius 1 is 0.867 bits per heavy atom. The molecule has 1 aromatic heterocycles. The number of aryl methyl sites for hydroxylation is 1. The van der Waals surface area contributed by atoms with E-state index in [9.17, 15) is 4.79 Å². The van der Waals surface area contributed by atoms with Crippen LogP contribution in [0.1, 0.15) is 15.9 Å². The number of pyridine rings is 1. The molecule has 150 valence electrons. The molecule has 1 N–H and O–H groups in total. The van der Waals surface area contributed by atoms with E-state index in [1.165, 1.54) is 0 Å². The zero-order chi connectivity index (χ0) is 21.1. The van der Waals surface area contributed by atoms with Crippen molar-refractivity contribution < 1.29 is 14.3 Å². The van der Waals surface area contributed by atoms with Gasteiger partial charge >= 0.3 is 0 Å². The van der Waals surface area contributed by atoms with Crippen molar-refractivity contribution in [3.05, 3.63) is 83.9 Å². The zero-order valence-corrected chi connectivity index (χ0v) is 17.1. The lowest BCUT2D eigenvalue weighted by molar-refractivity contribution is 0.102. The summed E-state index contributed by atoms with van der Waals surface area (Å²) < 4.78 is 10.7. The molecular formula is C25H22N2O3. The molecule has 0 spiro atoms. The number of ether oxygens (including phenoxy) is 2. The molecule has 30 heavy (non-hydrogen) atoms. The maximum Gasteiger partial charge on any atom is 0.256 e. The molecule has 0 aliphatic carbocycles. The number of nitrogens with one attached hydrogen (secondary N) is 1. The van der Waals surface area contributed by atoms with E-state index in [0.717, 1.165) is 27.7 Å². The first kappa shape index (κ1) is 19.5. The fourth-order valence-corrected chi connectivity index (χ4v) is 3.34. The summed E-state index contributed by atoms with van der Waals surface area (Å²) in [6, 6.07) is 22.8. The normalized spacial score (nSPS) is 10.6. The highest BCUT2D eigenvalue weighted by Gasteiger charge is 2.15. The minimum absolute atomic E-state index is 0.181. The molecule has 0 aliphatic rings. The van der Waals surface area contributed by atoms with Gasteiger partial charge in [-0.25, -0.2) is 4.98 Å². The highest BCUT2D eigenvalue weighted by atomic mass is 16.5. The number of hydrogen-bond acceptors (Lipinski definition) is 4. The lowest BCUT2D eigenvalue weighted by Crippen LogP contribution is -2.13. The average Bonchev–Trinajstić information content (AvgIpc) is 2.79. The summed E-state index contributed by atoms with van der Waals surface area (Å²) in [6.07, 6.45) is 0. The number of aromatic nitrogens is 1. The van der Waals surface area contributed by atoms with Crippen LogP contribution in [-0.2, 0) is 0 Å². The van der Waals surface area contributed by atoms with E-state index in [-0.39, 0.29) is 5.91 Å². The Kier molecular flexibility index (Phi) is 5.35. The molecule has 1 heterocycles. The molecule has 1 amide bonds. The van der Waals surface area contributed by atoms with Crippen molar-refractivity contribution >= 4 is 22.5 Å². The highest BCUT2D eigenvalue weighted by Crippen LogP contribution is 2.33. The summed E-state index contributed by atoms with van der Waals surface area (Å²) in [5, 5.41) is 3.78. The second kappa shape index (κ2) is 8.25. The molecule has 0 unspecified atom stereocenters. The van der Waals surface area contributed by atoms with Gasteiger partial charge in [-0.3, -0.25) is 4.79 Å². The first-order valence-electron chi connectivity index (χ1n) is 9.59. The Hall–Kier alpha value is -3.86. The molecule has 3 aromatic carbocycles. The van der Waals surface area contributed by atoms with E-state index in [1.54, 1.807) is 14.2 Å². The Labute approximate surface area is 175 Å². The van der Waals surface area contributed by atoms with Gasteiger partial charge in [0, 0.05) is 16.6 Å². The van der Waals surface area contributed by atoms with Crippen LogP contribution in [0, 0.1) is 6.92 Å². The van der Waals surface area contributed by atoms with Gasteiger partial charge in [0.05, 0.1) is 31.0 Å². The first-order chi connectivity index (χ1) is 14.6. The second-order valence-electron chi connectivity index (χ2n) is 6.96. The van der Waals surface area contributed by atoms with Crippen molar-refractivity contribution in [3.63, 3.8) is 0 Å². The molecule has 0 radical (unpaired) electrons. The van der Waals surface area contributed by atoms with Crippen LogP contribution in [0.3, 0.4) is 0 Å². The third-order valence-electron chi connectivity index (χ3n) is 4.95. The van der Waals surface area contributed by atoms with Crippen LogP contribution in [0.5, 0.6) is 11.5 Å². The Balaban J connectivity index is 1.80. The van der Waals surface area contributed by atoms with E-state index in [1.807, 2.05) is 79.7 Å². The van der Waals surface area contributed by atoms with E-state index < -0.39 is 0 Å². The molecule has 5 heteroatoms. The van der Waals surface area contributed by atoms with Crippen LogP contribution in [-0.4, -0.2) is 25.1 Å². The summed E-state index contributed by atoms with van der Waals surface area (Å²) >= 11 is 0. The van der Waals surface area contributed by atoms with E-state index in [0.29, 0.717) is 22.8 Å². The number of nitrogens with zero attached hydrogens (tertiary/aromatic N) is 1. The minimum atomic E-state index is -0.181. The summed E-state index contributed by atoms with van der Waals surface area (Å²) in [6.45, 7) is 2.01. The number of hydrogen-bond donors (Lipinski definition) is 1. The van der Waals surface area contributed by atoms with Gasteiger partial charge in [0.15, 0.2) is 11.5 Å². The predicted molar refractivity (Wildman–Crippen MR) is 119 cm³/mol. The van der Waals surface area contributed by atoms with Crippen molar-refractivity contribution in [2.75, 3.05) is 19.5 Å². The fraction of sp³-hybridized carbons (Fsp3) is 0.120. The number of anilines is 1. The third-order valence-corrected chi connectivity index (χ3v) is 4.95. The van der Waals surface area contributed by atoms with Crippen LogP contribution < -0.4 is 14.8 Å². The van der Waals surface area contributed by atoms with Gasteiger partial charge in [-0.05, 0) is 49.4 Å². The van der Waals surface area contributed by atoms with E-state index >= 15 is 0 Å². The fourth-order valence-electron chi connectivity index (χ4n) is 3.34. The summed E-state index contributed by atoms with van der Waals surface area (Å²) in [7, 11) is 3.19. The lowest BCUT2D eigenvalue weighted by atomic mass is 10.0. The van der Waals surface area contributed by atoms with E-state index in [2.05, 4.69) is 5.32 Å². The maximum absolute atomic E-state index is 13.1. The van der Waals surface area contributed by atoms with Gasteiger partial charge in [-0.2, -0.15) is 0 Å².